The summed E-state index contributed by atoms with van der Waals surface area (Å²) in [6.45, 7) is 1.40. The molecular formula is C22H21Cl2N3O4. The van der Waals surface area contributed by atoms with Gasteiger partial charge in [0.25, 0.3) is 0 Å². The predicted molar refractivity (Wildman–Crippen MR) is 124 cm³/mol. The van der Waals surface area contributed by atoms with E-state index in [2.05, 4.69) is 15.4 Å². The van der Waals surface area contributed by atoms with Crippen molar-refractivity contribution in [2.75, 3.05) is 29.7 Å². The number of hydrogen-bond acceptors (Lipinski definition) is 6. The molecule has 2 N–H and O–H groups in total. The summed E-state index contributed by atoms with van der Waals surface area (Å²) in [5.74, 6) is 0.599. The van der Waals surface area contributed by atoms with Gasteiger partial charge in [-0.2, -0.15) is 5.10 Å². The Bertz CT molecular complexity index is 1120. The first-order valence-electron chi connectivity index (χ1n) is 9.55. The van der Waals surface area contributed by atoms with Crippen molar-refractivity contribution >= 4 is 52.0 Å². The molecule has 0 saturated carbocycles. The molecule has 7 nitrogen and oxygen atoms in total. The van der Waals surface area contributed by atoms with E-state index < -0.39 is 5.63 Å². The summed E-state index contributed by atoms with van der Waals surface area (Å²) in [5.41, 5.74) is 4.38. The van der Waals surface area contributed by atoms with Crippen molar-refractivity contribution in [3.05, 3.63) is 70.1 Å². The molecule has 0 unspecified atom stereocenters. The number of hydrazone groups is 1. The van der Waals surface area contributed by atoms with Gasteiger partial charge in [-0.05, 0) is 35.4 Å². The number of nitrogens with one attached hydrogen (secondary N) is 1. The lowest BCUT2D eigenvalue weighted by Gasteiger charge is -2.22. The van der Waals surface area contributed by atoms with E-state index in [0.717, 1.165) is 11.3 Å². The first-order valence-corrected chi connectivity index (χ1v) is 10.6. The molecule has 0 bridgehead atoms. The second kappa shape index (κ2) is 10.8. The lowest BCUT2D eigenvalue weighted by atomic mass is 10.1. The molecule has 0 atom stereocenters. The van der Waals surface area contributed by atoms with Gasteiger partial charge < -0.3 is 14.4 Å². The number of hydrogen-bond donors (Lipinski definition) is 2. The quantitative estimate of drug-likeness (QED) is 0.220. The molecule has 0 fully saturated rings. The van der Waals surface area contributed by atoms with E-state index in [1.807, 2.05) is 24.3 Å². The van der Waals surface area contributed by atoms with E-state index in [1.54, 1.807) is 6.07 Å². The van der Waals surface area contributed by atoms with Gasteiger partial charge >= 0.3 is 5.63 Å². The summed E-state index contributed by atoms with van der Waals surface area (Å²) < 4.78 is 5.07. The van der Waals surface area contributed by atoms with Gasteiger partial charge in [0.1, 0.15) is 11.3 Å². The van der Waals surface area contributed by atoms with Gasteiger partial charge in [-0.1, -0.05) is 12.1 Å². The van der Waals surface area contributed by atoms with Crippen LogP contribution in [0.2, 0.25) is 0 Å². The Kier molecular flexibility index (Phi) is 7.92. The maximum absolute atomic E-state index is 12.3. The Balaban J connectivity index is 1.63. The van der Waals surface area contributed by atoms with Crippen LogP contribution in [0.5, 0.6) is 5.75 Å². The molecule has 1 amide bonds. The molecule has 0 aliphatic rings. The molecule has 3 aromatic rings. The van der Waals surface area contributed by atoms with Gasteiger partial charge in [-0.3, -0.25) is 4.79 Å². The van der Waals surface area contributed by atoms with E-state index in [0.29, 0.717) is 35.8 Å². The maximum Gasteiger partial charge on any atom is 0.336 e. The van der Waals surface area contributed by atoms with Gasteiger partial charge in [0.2, 0.25) is 5.91 Å². The van der Waals surface area contributed by atoms with Crippen LogP contribution in [-0.2, 0) is 11.2 Å². The molecule has 3 rings (SSSR count). The number of phenols is 1. The van der Waals surface area contributed by atoms with E-state index in [4.69, 9.17) is 27.6 Å². The van der Waals surface area contributed by atoms with Crippen molar-refractivity contribution in [3.63, 3.8) is 0 Å². The number of alkyl halides is 2. The molecular weight excluding hydrogens is 441 g/mol. The fourth-order valence-electron chi connectivity index (χ4n) is 3.10. The van der Waals surface area contributed by atoms with Gasteiger partial charge in [-0.15, -0.1) is 23.2 Å². The predicted octanol–water partition coefficient (Wildman–Crippen LogP) is 3.48. The maximum atomic E-state index is 12.3. The highest BCUT2D eigenvalue weighted by Crippen LogP contribution is 2.22. The van der Waals surface area contributed by atoms with Crippen molar-refractivity contribution in [3.8, 4) is 5.75 Å². The largest absolute Gasteiger partial charge is 0.508 e. The summed E-state index contributed by atoms with van der Waals surface area (Å²) in [4.78, 5) is 26.1. The Hall–Kier alpha value is -3.03. The second-order valence-corrected chi connectivity index (χ2v) is 7.45. The zero-order chi connectivity index (χ0) is 22.2. The van der Waals surface area contributed by atoms with Crippen LogP contribution in [0, 0.1) is 0 Å². The Morgan fingerprint density at radius 1 is 1.10 bits per heavy atom. The van der Waals surface area contributed by atoms with Gasteiger partial charge in [0, 0.05) is 48.1 Å². The number of amides is 1. The smallest absolute Gasteiger partial charge is 0.336 e. The highest BCUT2D eigenvalue weighted by Gasteiger charge is 2.10. The monoisotopic (exact) mass is 461 g/mol. The van der Waals surface area contributed by atoms with Crippen LogP contribution >= 0.6 is 23.2 Å². The number of fused-ring (bicyclic) bond motifs is 1. The van der Waals surface area contributed by atoms with Crippen LogP contribution in [0.3, 0.4) is 0 Å². The fraction of sp³-hybridized carbons (Fsp3) is 0.227. The Morgan fingerprint density at radius 3 is 2.48 bits per heavy atom. The zero-order valence-electron chi connectivity index (χ0n) is 16.6. The topological polar surface area (TPSA) is 95.1 Å². The van der Waals surface area contributed by atoms with Crippen molar-refractivity contribution in [1.29, 1.82) is 0 Å². The minimum atomic E-state index is -0.595. The molecule has 9 heteroatoms. The summed E-state index contributed by atoms with van der Waals surface area (Å²) in [7, 11) is 0. The number of phenolic OH excluding ortho intramolecular Hbond substituents is 1. The Labute approximate surface area is 188 Å². The van der Waals surface area contributed by atoms with Crippen LogP contribution in [0.1, 0.15) is 11.1 Å². The minimum absolute atomic E-state index is 0.0266. The molecule has 1 aromatic heterocycles. The molecule has 0 spiro atoms. The standard InChI is InChI=1S/C22H21Cl2N3O4/c23-7-9-27(10-8-24)17-3-1-15(2-4-17)14-25-26-21(29)11-16-12-22(30)31-20-13-18(28)5-6-19(16)20/h1-6,12-14,28H,7-11H2,(H,26,29)/b25-14+. The third-order valence-corrected chi connectivity index (χ3v) is 4.87. The summed E-state index contributed by atoms with van der Waals surface area (Å²) in [6.07, 6.45) is 1.47. The molecule has 0 aliphatic heterocycles. The number of carbonyl (C=O) groups is 1. The normalized spacial score (nSPS) is 11.2. The van der Waals surface area contributed by atoms with Crippen LogP contribution in [-0.4, -0.2) is 42.1 Å². The average Bonchev–Trinajstić information content (AvgIpc) is 2.73. The van der Waals surface area contributed by atoms with Crippen molar-refractivity contribution in [1.82, 2.24) is 5.43 Å². The van der Waals surface area contributed by atoms with Crippen LogP contribution in [0.25, 0.3) is 11.0 Å². The van der Waals surface area contributed by atoms with E-state index >= 15 is 0 Å². The fourth-order valence-corrected chi connectivity index (χ4v) is 3.51. The number of rotatable bonds is 9. The number of halogens is 2. The molecule has 0 saturated heterocycles. The second-order valence-electron chi connectivity index (χ2n) is 6.70. The zero-order valence-corrected chi connectivity index (χ0v) is 18.1. The lowest BCUT2D eigenvalue weighted by molar-refractivity contribution is -0.120. The lowest BCUT2D eigenvalue weighted by Crippen LogP contribution is -2.27. The SMILES string of the molecule is O=C(Cc1cc(=O)oc2cc(O)ccc12)N/N=C/c1ccc(N(CCCl)CCCl)cc1. The van der Waals surface area contributed by atoms with Crippen molar-refractivity contribution in [2.45, 2.75) is 6.42 Å². The number of carbonyl (C=O) groups excluding carboxylic acids is 1. The molecule has 0 aliphatic carbocycles. The first kappa shape index (κ1) is 22.7. The Morgan fingerprint density at radius 2 is 1.81 bits per heavy atom. The molecule has 2 aromatic carbocycles. The molecule has 0 radical (unpaired) electrons. The van der Waals surface area contributed by atoms with Crippen LogP contribution < -0.4 is 16.0 Å². The average molecular weight is 462 g/mol. The number of nitrogens with zero attached hydrogens (tertiary/aromatic N) is 2. The molecule has 162 valence electrons. The number of anilines is 1. The van der Waals surface area contributed by atoms with Gasteiger partial charge in [0.05, 0.1) is 12.6 Å². The minimum Gasteiger partial charge on any atom is -0.508 e. The molecule has 1 heterocycles. The highest BCUT2D eigenvalue weighted by molar-refractivity contribution is 6.18. The number of benzene rings is 2. The van der Waals surface area contributed by atoms with E-state index in [-0.39, 0.29) is 23.7 Å². The highest BCUT2D eigenvalue weighted by atomic mass is 35.5. The molecule has 31 heavy (non-hydrogen) atoms. The summed E-state index contributed by atoms with van der Waals surface area (Å²) in [6, 6.07) is 13.3. The number of aromatic hydroxyl groups is 1. The van der Waals surface area contributed by atoms with Gasteiger partial charge in [-0.25, -0.2) is 10.2 Å². The van der Waals surface area contributed by atoms with Crippen LogP contribution in [0.4, 0.5) is 5.69 Å². The van der Waals surface area contributed by atoms with Gasteiger partial charge in [0.15, 0.2) is 0 Å². The summed E-state index contributed by atoms with van der Waals surface area (Å²) in [5, 5.41) is 14.1. The van der Waals surface area contributed by atoms with E-state index in [9.17, 15) is 14.7 Å². The third kappa shape index (κ3) is 6.23. The van der Waals surface area contributed by atoms with E-state index in [1.165, 1.54) is 24.4 Å². The third-order valence-electron chi connectivity index (χ3n) is 4.53. The van der Waals surface area contributed by atoms with Crippen LogP contribution in [0.15, 0.2) is 62.8 Å². The first-order chi connectivity index (χ1) is 15.0. The van der Waals surface area contributed by atoms with Crippen molar-refractivity contribution in [2.24, 2.45) is 5.10 Å². The summed E-state index contributed by atoms with van der Waals surface area (Å²) >= 11 is 11.7. The van der Waals surface area contributed by atoms with Crippen molar-refractivity contribution < 1.29 is 14.3 Å².